The number of hydrogen-bond acceptors (Lipinski definition) is 5. The molecule has 11 heteroatoms. The molecule has 4 rings (SSSR count). The van der Waals surface area contributed by atoms with E-state index in [9.17, 15) is 18.0 Å². The summed E-state index contributed by atoms with van der Waals surface area (Å²) >= 11 is 13.0. The van der Waals surface area contributed by atoms with Crippen molar-refractivity contribution in [2.24, 2.45) is 0 Å². The van der Waals surface area contributed by atoms with Crippen molar-refractivity contribution >= 4 is 45.0 Å². The Morgan fingerprint density at radius 2 is 1.88 bits per heavy atom. The van der Waals surface area contributed by atoms with Crippen molar-refractivity contribution < 1.29 is 22.8 Å². The molecule has 2 amide bonds. The number of rotatable bonds is 10. The highest BCUT2D eigenvalue weighted by atomic mass is 35.5. The SMILES string of the molecule is C=C/C=C\C(=C/C)CONC(=O)[C@@H]1c2ccccc2C(=O)N([C@H]2CCCC[C@@H]2NS(C)(=O)=O)[C@H]1c1ccc(Cl)cc1Cl. The smallest absolute Gasteiger partial charge is 0.255 e. The van der Waals surface area contributed by atoms with Gasteiger partial charge in [-0.25, -0.2) is 18.6 Å². The first kappa shape index (κ1) is 32.0. The van der Waals surface area contributed by atoms with Crippen LogP contribution in [0, 0.1) is 0 Å². The van der Waals surface area contributed by atoms with E-state index in [0.717, 1.165) is 24.7 Å². The maximum absolute atomic E-state index is 14.3. The summed E-state index contributed by atoms with van der Waals surface area (Å²) in [5, 5.41) is 0.695. The van der Waals surface area contributed by atoms with Gasteiger partial charge in [-0.3, -0.25) is 14.4 Å². The number of sulfonamides is 1. The Balaban J connectivity index is 1.82. The van der Waals surface area contributed by atoms with Crippen molar-refractivity contribution in [3.63, 3.8) is 0 Å². The van der Waals surface area contributed by atoms with E-state index in [4.69, 9.17) is 28.0 Å². The minimum atomic E-state index is -3.58. The Labute approximate surface area is 257 Å². The molecule has 2 aromatic carbocycles. The van der Waals surface area contributed by atoms with Gasteiger partial charge < -0.3 is 4.90 Å². The summed E-state index contributed by atoms with van der Waals surface area (Å²) in [6, 6.07) is 9.97. The van der Waals surface area contributed by atoms with Gasteiger partial charge in [0.1, 0.15) is 0 Å². The third kappa shape index (κ3) is 7.33. The number of benzene rings is 2. The van der Waals surface area contributed by atoms with Crippen LogP contribution in [0.5, 0.6) is 0 Å². The standard InChI is InChI=1S/C31H35Cl2N3O5S/c1-4-6-11-20(5-2)19-41-34-30(37)28-22-12-7-8-13-23(22)31(38)36(29(28)24-17-16-21(32)18-25(24)33)27-15-10-9-14-26(27)35-42(3,39)40/h4-8,11-13,16-18,26-29,35H,1,9-10,14-15,19H2,2-3H3,(H,34,37)/b11-6-,20-5+/t26-,27-,28+,29-/m0/s1. The topological polar surface area (TPSA) is 105 Å². The lowest BCUT2D eigenvalue weighted by molar-refractivity contribution is -0.136. The molecule has 0 saturated heterocycles. The summed E-state index contributed by atoms with van der Waals surface area (Å²) in [5.41, 5.74) is 4.83. The summed E-state index contributed by atoms with van der Waals surface area (Å²) < 4.78 is 27.4. The molecule has 2 aromatic rings. The summed E-state index contributed by atoms with van der Waals surface area (Å²) in [4.78, 5) is 35.6. The molecule has 4 atom stereocenters. The molecule has 8 nitrogen and oxygen atoms in total. The average molecular weight is 633 g/mol. The minimum Gasteiger partial charge on any atom is -0.326 e. The fourth-order valence-electron chi connectivity index (χ4n) is 5.80. The van der Waals surface area contributed by atoms with Crippen LogP contribution in [0.2, 0.25) is 10.0 Å². The fourth-order valence-corrected chi connectivity index (χ4v) is 7.15. The number of nitrogens with one attached hydrogen (secondary N) is 2. The van der Waals surface area contributed by atoms with Crippen LogP contribution in [0.25, 0.3) is 0 Å². The van der Waals surface area contributed by atoms with Crippen LogP contribution in [-0.2, 0) is 19.7 Å². The van der Waals surface area contributed by atoms with E-state index >= 15 is 0 Å². The van der Waals surface area contributed by atoms with E-state index < -0.39 is 40.0 Å². The van der Waals surface area contributed by atoms with Crippen LogP contribution in [0.3, 0.4) is 0 Å². The Bertz CT molecular complexity index is 1510. The minimum absolute atomic E-state index is 0.110. The first-order valence-corrected chi connectivity index (χ1v) is 16.4. The zero-order chi connectivity index (χ0) is 30.4. The average Bonchev–Trinajstić information content (AvgIpc) is 2.94. The zero-order valence-corrected chi connectivity index (χ0v) is 25.9. The van der Waals surface area contributed by atoms with Crippen LogP contribution < -0.4 is 10.2 Å². The summed E-state index contributed by atoms with van der Waals surface area (Å²) in [6.45, 7) is 5.64. The summed E-state index contributed by atoms with van der Waals surface area (Å²) in [6.07, 6.45) is 10.9. The van der Waals surface area contributed by atoms with Gasteiger partial charge >= 0.3 is 0 Å². The van der Waals surface area contributed by atoms with Crippen molar-refractivity contribution in [3.8, 4) is 0 Å². The lowest BCUT2D eigenvalue weighted by Gasteiger charge is -2.49. The van der Waals surface area contributed by atoms with Gasteiger partial charge in [-0.15, -0.1) is 0 Å². The highest BCUT2D eigenvalue weighted by Gasteiger charge is 2.49. The van der Waals surface area contributed by atoms with E-state index in [1.807, 2.05) is 19.1 Å². The molecule has 224 valence electrons. The maximum Gasteiger partial charge on any atom is 0.255 e. The number of allylic oxidation sites excluding steroid dienone is 3. The number of carbonyl (C=O) groups excluding carboxylic acids is 2. The van der Waals surface area contributed by atoms with Gasteiger partial charge in [0.05, 0.1) is 24.8 Å². The molecule has 0 unspecified atom stereocenters. The largest absolute Gasteiger partial charge is 0.326 e. The molecule has 42 heavy (non-hydrogen) atoms. The van der Waals surface area contributed by atoms with Crippen LogP contribution >= 0.6 is 23.2 Å². The van der Waals surface area contributed by atoms with Crippen LogP contribution in [-0.4, -0.2) is 50.1 Å². The number of fused-ring (bicyclic) bond motifs is 1. The summed E-state index contributed by atoms with van der Waals surface area (Å²) in [5.74, 6) is -1.69. The Morgan fingerprint density at radius 3 is 2.57 bits per heavy atom. The molecule has 1 fully saturated rings. The number of halogens is 2. The normalized spacial score (nSPS) is 23.1. The van der Waals surface area contributed by atoms with E-state index in [1.165, 1.54) is 0 Å². The van der Waals surface area contributed by atoms with Crippen molar-refractivity contribution in [1.82, 2.24) is 15.1 Å². The van der Waals surface area contributed by atoms with Gasteiger partial charge in [-0.2, -0.15) is 0 Å². The van der Waals surface area contributed by atoms with Crippen molar-refractivity contribution in [3.05, 3.63) is 106 Å². The first-order valence-electron chi connectivity index (χ1n) is 13.8. The zero-order valence-electron chi connectivity index (χ0n) is 23.6. The molecule has 2 aliphatic rings. The van der Waals surface area contributed by atoms with Crippen LogP contribution in [0.4, 0.5) is 0 Å². The van der Waals surface area contributed by atoms with Gasteiger partial charge in [-0.05, 0) is 54.7 Å². The fraction of sp³-hybridized carbons (Fsp3) is 0.355. The molecule has 1 saturated carbocycles. The quantitative estimate of drug-likeness (QED) is 0.252. The number of hydrogen-bond donors (Lipinski definition) is 2. The number of carbonyl (C=O) groups is 2. The molecule has 0 bridgehead atoms. The third-order valence-electron chi connectivity index (χ3n) is 7.62. The van der Waals surface area contributed by atoms with Gasteiger partial charge in [0.2, 0.25) is 10.0 Å². The lowest BCUT2D eigenvalue weighted by Crippen LogP contribution is -2.59. The van der Waals surface area contributed by atoms with Gasteiger partial charge in [0.15, 0.2) is 0 Å². The second-order valence-electron chi connectivity index (χ2n) is 10.4. The predicted molar refractivity (Wildman–Crippen MR) is 166 cm³/mol. The number of hydroxylamine groups is 1. The summed E-state index contributed by atoms with van der Waals surface area (Å²) in [7, 11) is -3.58. The monoisotopic (exact) mass is 631 g/mol. The molecule has 1 aliphatic heterocycles. The van der Waals surface area contributed by atoms with E-state index in [2.05, 4.69) is 16.8 Å². The van der Waals surface area contributed by atoms with Crippen molar-refractivity contribution in [2.45, 2.75) is 56.7 Å². The van der Waals surface area contributed by atoms with Gasteiger partial charge in [-0.1, -0.05) is 91.2 Å². The third-order valence-corrected chi connectivity index (χ3v) is 8.91. The van der Waals surface area contributed by atoms with Gasteiger partial charge in [0, 0.05) is 27.7 Å². The highest BCUT2D eigenvalue weighted by molar-refractivity contribution is 7.88. The molecule has 1 heterocycles. The predicted octanol–water partition coefficient (Wildman–Crippen LogP) is 5.87. The molecule has 1 aliphatic carbocycles. The Kier molecular flexibility index (Phi) is 10.7. The lowest BCUT2D eigenvalue weighted by atomic mass is 9.76. The molecule has 0 aromatic heterocycles. The Hall–Kier alpha value is -2.95. The van der Waals surface area contributed by atoms with E-state index in [0.29, 0.717) is 34.6 Å². The van der Waals surface area contributed by atoms with Crippen LogP contribution in [0.1, 0.15) is 66.1 Å². The van der Waals surface area contributed by atoms with Crippen molar-refractivity contribution in [1.29, 1.82) is 0 Å². The van der Waals surface area contributed by atoms with Crippen molar-refractivity contribution in [2.75, 3.05) is 12.9 Å². The first-order chi connectivity index (χ1) is 20.1. The van der Waals surface area contributed by atoms with E-state index in [1.54, 1.807) is 59.5 Å². The molecular weight excluding hydrogens is 597 g/mol. The highest BCUT2D eigenvalue weighted by Crippen LogP contribution is 2.47. The maximum atomic E-state index is 14.3. The number of amides is 2. The molecule has 2 N–H and O–H groups in total. The number of nitrogens with zero attached hydrogens (tertiary/aromatic N) is 1. The molecular formula is C31H35Cl2N3O5S. The van der Waals surface area contributed by atoms with Gasteiger partial charge in [0.25, 0.3) is 11.8 Å². The Morgan fingerprint density at radius 1 is 1.14 bits per heavy atom. The second-order valence-corrected chi connectivity index (χ2v) is 13.1. The van der Waals surface area contributed by atoms with E-state index in [-0.39, 0.29) is 17.5 Å². The second kappa shape index (κ2) is 14.0. The molecule has 0 radical (unpaired) electrons. The molecule has 0 spiro atoms. The van der Waals surface area contributed by atoms with Crippen LogP contribution in [0.15, 0.2) is 78.9 Å².